The largest absolute Gasteiger partial charge is 0.510 e. The van der Waals surface area contributed by atoms with Crippen LogP contribution in [0.25, 0.3) is 0 Å². The van der Waals surface area contributed by atoms with Gasteiger partial charge in [0.1, 0.15) is 11.6 Å². The molecule has 4 heteroatoms. The normalized spacial score (nSPS) is 18.6. The van der Waals surface area contributed by atoms with Crippen LogP contribution in [0.4, 0.5) is 4.39 Å². The second kappa shape index (κ2) is 8.16. The lowest BCUT2D eigenvalue weighted by atomic mass is 10.0. The number of aliphatic hydroxyl groups is 1. The molecule has 0 aliphatic carbocycles. The Morgan fingerprint density at radius 3 is 2.61 bits per heavy atom. The van der Waals surface area contributed by atoms with Gasteiger partial charge in [0.05, 0.1) is 5.25 Å². The predicted octanol–water partition coefficient (Wildman–Crippen LogP) is 5.12. The Kier molecular flexibility index (Phi) is 6.22. The van der Waals surface area contributed by atoms with Crippen LogP contribution in [0.2, 0.25) is 0 Å². The lowest BCUT2D eigenvalue weighted by Gasteiger charge is -2.04. The predicted molar refractivity (Wildman–Crippen MR) is 93.9 cm³/mol. The first kappa shape index (κ1) is 17.5. The van der Waals surface area contributed by atoms with Crippen molar-refractivity contribution in [3.8, 4) is 0 Å². The highest BCUT2D eigenvalue weighted by atomic mass is 32.2. The summed E-state index contributed by atoms with van der Waals surface area (Å²) in [6, 6.07) is 6.47. The monoisotopic (exact) mass is 332 g/mol. The number of thioether (sulfide) groups is 1. The molecule has 1 unspecified atom stereocenters. The van der Waals surface area contributed by atoms with Gasteiger partial charge in [0.25, 0.3) is 0 Å². The van der Waals surface area contributed by atoms with Crippen LogP contribution in [0.15, 0.2) is 59.9 Å². The number of aryl methyl sites for hydroxylation is 1. The maximum Gasteiger partial charge on any atom is 0.219 e. The molecule has 2 rings (SSSR count). The van der Waals surface area contributed by atoms with Gasteiger partial charge < -0.3 is 5.11 Å². The first-order chi connectivity index (χ1) is 11.0. The standard InChI is InChI=1S/C19H21FO2S/c1-3-13(2)12-17-18(21)16(19(22)23-17)7-5-4-6-14-8-10-15(20)11-9-14/h3,8-12,17,21H,1,4-7H2,2H3/b13-12+. The van der Waals surface area contributed by atoms with Gasteiger partial charge in [0.15, 0.2) is 0 Å². The number of rotatable bonds is 7. The molecule has 0 radical (unpaired) electrons. The number of aliphatic hydroxyl groups excluding tert-OH is 1. The van der Waals surface area contributed by atoms with Crippen LogP contribution in [-0.2, 0) is 11.2 Å². The number of carbonyl (C=O) groups excluding carboxylic acids is 1. The van der Waals surface area contributed by atoms with Gasteiger partial charge in [-0.1, -0.05) is 48.2 Å². The van der Waals surface area contributed by atoms with Gasteiger partial charge in [-0.05, 0) is 50.3 Å². The first-order valence-corrected chi connectivity index (χ1v) is 8.57. The number of hydrogen-bond acceptors (Lipinski definition) is 3. The zero-order valence-corrected chi connectivity index (χ0v) is 14.0. The molecule has 1 N–H and O–H groups in total. The van der Waals surface area contributed by atoms with Crippen molar-refractivity contribution in [3.63, 3.8) is 0 Å². The van der Waals surface area contributed by atoms with Gasteiger partial charge in [0.2, 0.25) is 5.12 Å². The topological polar surface area (TPSA) is 37.3 Å². The number of hydrogen-bond donors (Lipinski definition) is 1. The minimum Gasteiger partial charge on any atom is -0.510 e. The third-order valence-electron chi connectivity index (χ3n) is 3.85. The summed E-state index contributed by atoms with van der Waals surface area (Å²) in [4.78, 5) is 12.0. The van der Waals surface area contributed by atoms with E-state index in [1.54, 1.807) is 18.2 Å². The van der Waals surface area contributed by atoms with E-state index < -0.39 is 0 Å². The first-order valence-electron chi connectivity index (χ1n) is 7.69. The molecule has 1 heterocycles. The molecule has 1 aliphatic heterocycles. The Hall–Kier alpha value is -1.81. The molecule has 122 valence electrons. The Morgan fingerprint density at radius 2 is 1.96 bits per heavy atom. The van der Waals surface area contributed by atoms with E-state index in [0.717, 1.165) is 42.2 Å². The number of allylic oxidation sites excluding steroid dienone is 2. The van der Waals surface area contributed by atoms with Crippen LogP contribution in [0.1, 0.15) is 31.7 Å². The Balaban J connectivity index is 1.87. The fraction of sp³-hybridized carbons (Fsp3) is 0.316. The molecule has 0 aromatic heterocycles. The van der Waals surface area contributed by atoms with Crippen molar-refractivity contribution < 1.29 is 14.3 Å². The van der Waals surface area contributed by atoms with E-state index in [1.807, 2.05) is 13.0 Å². The molecule has 0 saturated carbocycles. The maximum atomic E-state index is 12.8. The maximum absolute atomic E-state index is 12.8. The summed E-state index contributed by atoms with van der Waals surface area (Å²) in [5, 5.41) is 9.90. The van der Waals surface area contributed by atoms with Crippen LogP contribution in [-0.4, -0.2) is 15.5 Å². The van der Waals surface area contributed by atoms with Crippen molar-refractivity contribution >= 4 is 16.9 Å². The highest BCUT2D eigenvalue weighted by molar-refractivity contribution is 8.15. The van der Waals surface area contributed by atoms with Crippen molar-refractivity contribution in [2.24, 2.45) is 0 Å². The lowest BCUT2D eigenvalue weighted by Crippen LogP contribution is -1.99. The summed E-state index contributed by atoms with van der Waals surface area (Å²) in [7, 11) is 0. The summed E-state index contributed by atoms with van der Waals surface area (Å²) in [6.45, 7) is 5.57. The van der Waals surface area contributed by atoms with E-state index in [4.69, 9.17) is 0 Å². The molecule has 1 aliphatic rings. The molecule has 2 nitrogen and oxygen atoms in total. The third kappa shape index (κ3) is 4.83. The molecular weight excluding hydrogens is 311 g/mol. The van der Waals surface area contributed by atoms with Gasteiger partial charge in [0, 0.05) is 5.57 Å². The van der Waals surface area contributed by atoms with E-state index in [9.17, 15) is 14.3 Å². The van der Waals surface area contributed by atoms with Crippen molar-refractivity contribution in [3.05, 3.63) is 71.3 Å². The van der Waals surface area contributed by atoms with E-state index in [2.05, 4.69) is 6.58 Å². The molecule has 1 aromatic carbocycles. The van der Waals surface area contributed by atoms with E-state index in [1.165, 1.54) is 12.1 Å². The van der Waals surface area contributed by atoms with Crippen molar-refractivity contribution in [1.29, 1.82) is 0 Å². The second-order valence-corrected chi connectivity index (χ2v) is 6.75. The Morgan fingerprint density at radius 1 is 1.30 bits per heavy atom. The molecule has 0 amide bonds. The van der Waals surface area contributed by atoms with Crippen molar-refractivity contribution in [1.82, 2.24) is 0 Å². The fourth-order valence-corrected chi connectivity index (χ4v) is 3.57. The number of halogens is 1. The van der Waals surface area contributed by atoms with Crippen LogP contribution < -0.4 is 0 Å². The summed E-state index contributed by atoms with van der Waals surface area (Å²) >= 11 is 1.15. The SMILES string of the molecule is C=C/C(C)=C/C1SC(=O)C(CCCCc2ccc(F)cc2)=C1O. The average Bonchev–Trinajstić information content (AvgIpc) is 2.80. The highest BCUT2D eigenvalue weighted by Gasteiger charge is 2.31. The number of unbranched alkanes of at least 4 members (excludes halogenated alkanes) is 1. The summed E-state index contributed by atoms with van der Waals surface area (Å²) < 4.78 is 12.8. The number of carbonyl (C=O) groups is 1. The quantitative estimate of drug-likeness (QED) is 0.556. The van der Waals surface area contributed by atoms with Crippen LogP contribution in [0.5, 0.6) is 0 Å². The molecule has 1 atom stereocenters. The van der Waals surface area contributed by atoms with Gasteiger partial charge in [-0.3, -0.25) is 4.79 Å². The van der Waals surface area contributed by atoms with Gasteiger partial charge in [-0.2, -0.15) is 0 Å². The second-order valence-electron chi connectivity index (χ2n) is 5.64. The minimum absolute atomic E-state index is 0.0394. The number of benzene rings is 1. The van der Waals surface area contributed by atoms with Gasteiger partial charge >= 0.3 is 0 Å². The van der Waals surface area contributed by atoms with E-state index >= 15 is 0 Å². The zero-order chi connectivity index (χ0) is 16.8. The molecule has 0 spiro atoms. The average molecular weight is 332 g/mol. The van der Waals surface area contributed by atoms with Gasteiger partial charge in [-0.15, -0.1) is 0 Å². The van der Waals surface area contributed by atoms with E-state index in [0.29, 0.717) is 12.0 Å². The highest BCUT2D eigenvalue weighted by Crippen LogP contribution is 2.36. The molecule has 23 heavy (non-hydrogen) atoms. The minimum atomic E-state index is -0.285. The summed E-state index contributed by atoms with van der Waals surface area (Å²) in [5.41, 5.74) is 2.56. The molecule has 0 saturated heterocycles. The molecule has 0 fully saturated rings. The van der Waals surface area contributed by atoms with Crippen LogP contribution in [0.3, 0.4) is 0 Å². The lowest BCUT2D eigenvalue weighted by molar-refractivity contribution is -0.108. The van der Waals surface area contributed by atoms with Gasteiger partial charge in [-0.25, -0.2) is 4.39 Å². The van der Waals surface area contributed by atoms with Crippen molar-refractivity contribution in [2.75, 3.05) is 0 Å². The summed E-state index contributed by atoms with van der Waals surface area (Å²) in [5.74, 6) is -0.0469. The molecule has 0 bridgehead atoms. The summed E-state index contributed by atoms with van der Waals surface area (Å²) in [6.07, 6.45) is 6.70. The fourth-order valence-electron chi connectivity index (χ4n) is 2.45. The Labute approximate surface area is 140 Å². The Bertz CT molecular complexity index is 644. The zero-order valence-electron chi connectivity index (χ0n) is 13.2. The molecule has 1 aromatic rings. The van der Waals surface area contributed by atoms with Crippen molar-refractivity contribution in [2.45, 2.75) is 37.9 Å². The third-order valence-corrected chi connectivity index (χ3v) is 4.92. The van der Waals surface area contributed by atoms with E-state index in [-0.39, 0.29) is 21.9 Å². The van der Waals surface area contributed by atoms with Crippen LogP contribution >= 0.6 is 11.8 Å². The molecular formula is C19H21FO2S. The smallest absolute Gasteiger partial charge is 0.219 e. The van der Waals surface area contributed by atoms with Crippen LogP contribution in [0, 0.1) is 5.82 Å².